The van der Waals surface area contributed by atoms with Gasteiger partial charge in [0.05, 0.1) is 12.1 Å². The average Bonchev–Trinajstić information content (AvgIpc) is 2.69. The van der Waals surface area contributed by atoms with E-state index in [1.807, 2.05) is 23.1 Å². The average molecular weight is 353 g/mol. The fourth-order valence-electron chi connectivity index (χ4n) is 3.04. The molecule has 0 bridgehead atoms. The number of rotatable bonds is 6. The lowest BCUT2D eigenvalue weighted by Gasteiger charge is -2.36. The van der Waals surface area contributed by atoms with E-state index in [0.717, 1.165) is 31.7 Å². The maximum Gasteiger partial charge on any atom is 0.335 e. The number of para-hydroxylation sites is 1. The monoisotopic (exact) mass is 353 g/mol. The van der Waals surface area contributed by atoms with Crippen LogP contribution in [0.2, 0.25) is 0 Å². The summed E-state index contributed by atoms with van der Waals surface area (Å²) in [5.74, 6) is -0.839. The SMILES string of the molecule is O=C(O)c1ccc(CNCC(=O)N2CCN(c3ccccc3)CC2)cc1. The molecule has 0 aliphatic carbocycles. The van der Waals surface area contributed by atoms with Crippen LogP contribution in [-0.4, -0.2) is 54.6 Å². The summed E-state index contributed by atoms with van der Waals surface area (Å²) in [5, 5.41) is 12.0. The first kappa shape index (κ1) is 17.9. The first-order chi connectivity index (χ1) is 12.6. The van der Waals surface area contributed by atoms with E-state index in [0.29, 0.717) is 6.54 Å². The lowest BCUT2D eigenvalue weighted by molar-refractivity contribution is -0.130. The van der Waals surface area contributed by atoms with Gasteiger partial charge in [-0.1, -0.05) is 30.3 Å². The van der Waals surface area contributed by atoms with E-state index < -0.39 is 5.97 Å². The fourth-order valence-corrected chi connectivity index (χ4v) is 3.04. The number of hydrogen-bond donors (Lipinski definition) is 2. The van der Waals surface area contributed by atoms with Gasteiger partial charge in [-0.05, 0) is 29.8 Å². The molecular weight excluding hydrogens is 330 g/mol. The molecule has 6 nitrogen and oxygen atoms in total. The van der Waals surface area contributed by atoms with Crippen LogP contribution in [-0.2, 0) is 11.3 Å². The normalized spacial score (nSPS) is 14.3. The number of carbonyl (C=O) groups is 2. The molecule has 3 rings (SSSR count). The Morgan fingerprint density at radius 2 is 1.58 bits per heavy atom. The second-order valence-corrected chi connectivity index (χ2v) is 6.31. The van der Waals surface area contributed by atoms with Crippen LogP contribution in [0.25, 0.3) is 0 Å². The molecule has 2 aromatic carbocycles. The van der Waals surface area contributed by atoms with E-state index in [2.05, 4.69) is 22.3 Å². The summed E-state index contributed by atoms with van der Waals surface area (Å²) < 4.78 is 0. The zero-order valence-electron chi connectivity index (χ0n) is 14.6. The summed E-state index contributed by atoms with van der Waals surface area (Å²) in [7, 11) is 0. The molecule has 0 spiro atoms. The van der Waals surface area contributed by atoms with Crippen LogP contribution in [0.5, 0.6) is 0 Å². The lowest BCUT2D eigenvalue weighted by Crippen LogP contribution is -2.50. The standard InChI is InChI=1S/C20H23N3O3/c24-19(15-21-14-16-6-8-17(9-7-16)20(25)26)23-12-10-22(11-13-23)18-4-2-1-3-5-18/h1-9,21H,10-15H2,(H,25,26). The molecule has 136 valence electrons. The number of carboxylic acids is 1. The molecule has 0 unspecified atom stereocenters. The first-order valence-electron chi connectivity index (χ1n) is 8.74. The Morgan fingerprint density at radius 1 is 0.923 bits per heavy atom. The molecule has 26 heavy (non-hydrogen) atoms. The number of aromatic carboxylic acids is 1. The first-order valence-corrected chi connectivity index (χ1v) is 8.74. The number of anilines is 1. The second kappa shape index (κ2) is 8.49. The van der Waals surface area contributed by atoms with Gasteiger partial charge in [0.25, 0.3) is 0 Å². The van der Waals surface area contributed by atoms with Crippen molar-refractivity contribution in [3.63, 3.8) is 0 Å². The van der Waals surface area contributed by atoms with E-state index in [1.54, 1.807) is 24.3 Å². The maximum atomic E-state index is 12.3. The number of carboxylic acid groups (broad SMARTS) is 1. The quantitative estimate of drug-likeness (QED) is 0.829. The molecule has 2 N–H and O–H groups in total. The molecule has 1 saturated heterocycles. The maximum absolute atomic E-state index is 12.3. The topological polar surface area (TPSA) is 72.9 Å². The van der Waals surface area contributed by atoms with Gasteiger partial charge in [-0.3, -0.25) is 4.79 Å². The Morgan fingerprint density at radius 3 is 2.19 bits per heavy atom. The molecule has 0 atom stereocenters. The van der Waals surface area contributed by atoms with Crippen molar-refractivity contribution < 1.29 is 14.7 Å². The van der Waals surface area contributed by atoms with Gasteiger partial charge in [0.2, 0.25) is 5.91 Å². The minimum Gasteiger partial charge on any atom is -0.478 e. The van der Waals surface area contributed by atoms with Crippen molar-refractivity contribution in [1.82, 2.24) is 10.2 Å². The van der Waals surface area contributed by atoms with Gasteiger partial charge in [0.1, 0.15) is 0 Å². The Labute approximate surface area is 153 Å². The number of hydrogen-bond acceptors (Lipinski definition) is 4. The van der Waals surface area contributed by atoms with Crippen LogP contribution >= 0.6 is 0 Å². The molecule has 0 aromatic heterocycles. The summed E-state index contributed by atoms with van der Waals surface area (Å²) in [6.07, 6.45) is 0. The Bertz CT molecular complexity index is 739. The summed E-state index contributed by atoms with van der Waals surface area (Å²) in [6, 6.07) is 16.9. The third-order valence-electron chi connectivity index (χ3n) is 4.56. The molecular formula is C20H23N3O3. The fraction of sp³-hybridized carbons (Fsp3) is 0.300. The van der Waals surface area contributed by atoms with Crippen molar-refractivity contribution in [3.8, 4) is 0 Å². The summed E-state index contributed by atoms with van der Waals surface area (Å²) in [5.41, 5.74) is 2.42. The van der Waals surface area contributed by atoms with Crippen LogP contribution < -0.4 is 10.2 Å². The van der Waals surface area contributed by atoms with Crippen molar-refractivity contribution in [1.29, 1.82) is 0 Å². The van der Waals surface area contributed by atoms with Crippen molar-refractivity contribution >= 4 is 17.6 Å². The number of amides is 1. The van der Waals surface area contributed by atoms with Crippen molar-refractivity contribution in [2.75, 3.05) is 37.6 Å². The zero-order valence-corrected chi connectivity index (χ0v) is 14.6. The Kier molecular flexibility index (Phi) is 5.86. The molecule has 1 amide bonds. The van der Waals surface area contributed by atoms with E-state index in [4.69, 9.17) is 5.11 Å². The molecule has 2 aromatic rings. The van der Waals surface area contributed by atoms with Gasteiger partial charge in [-0.2, -0.15) is 0 Å². The summed E-state index contributed by atoms with van der Waals surface area (Å²) >= 11 is 0. The number of nitrogens with zero attached hydrogens (tertiary/aromatic N) is 2. The minimum atomic E-state index is -0.936. The van der Waals surface area contributed by atoms with Gasteiger partial charge in [-0.25, -0.2) is 4.79 Å². The van der Waals surface area contributed by atoms with Crippen LogP contribution in [0.3, 0.4) is 0 Å². The minimum absolute atomic E-state index is 0.0971. The van der Waals surface area contributed by atoms with Crippen molar-refractivity contribution in [3.05, 3.63) is 65.7 Å². The molecule has 6 heteroatoms. The van der Waals surface area contributed by atoms with Gasteiger partial charge < -0.3 is 20.2 Å². The van der Waals surface area contributed by atoms with Gasteiger partial charge in [-0.15, -0.1) is 0 Å². The van der Waals surface area contributed by atoms with Crippen LogP contribution in [0.4, 0.5) is 5.69 Å². The zero-order chi connectivity index (χ0) is 18.4. The molecule has 0 saturated carbocycles. The number of carbonyl (C=O) groups excluding carboxylic acids is 1. The highest BCUT2D eigenvalue weighted by molar-refractivity contribution is 5.87. The lowest BCUT2D eigenvalue weighted by atomic mass is 10.1. The predicted octanol–water partition coefficient (Wildman–Crippen LogP) is 1.82. The molecule has 1 heterocycles. The Hall–Kier alpha value is -2.86. The third kappa shape index (κ3) is 4.61. The van der Waals surface area contributed by atoms with Gasteiger partial charge >= 0.3 is 5.97 Å². The van der Waals surface area contributed by atoms with Crippen LogP contribution in [0.15, 0.2) is 54.6 Å². The van der Waals surface area contributed by atoms with E-state index in [9.17, 15) is 9.59 Å². The van der Waals surface area contributed by atoms with Crippen molar-refractivity contribution in [2.45, 2.75) is 6.54 Å². The smallest absolute Gasteiger partial charge is 0.335 e. The molecule has 1 fully saturated rings. The number of nitrogens with one attached hydrogen (secondary N) is 1. The molecule has 0 radical (unpaired) electrons. The van der Waals surface area contributed by atoms with Gasteiger partial charge in [0, 0.05) is 38.4 Å². The van der Waals surface area contributed by atoms with Crippen LogP contribution in [0.1, 0.15) is 15.9 Å². The number of benzene rings is 2. The second-order valence-electron chi connectivity index (χ2n) is 6.31. The highest BCUT2D eigenvalue weighted by Crippen LogP contribution is 2.15. The summed E-state index contributed by atoms with van der Waals surface area (Å²) in [4.78, 5) is 27.4. The van der Waals surface area contributed by atoms with E-state index in [-0.39, 0.29) is 18.0 Å². The number of piperazine rings is 1. The Balaban J connectivity index is 1.41. The highest BCUT2D eigenvalue weighted by Gasteiger charge is 2.20. The highest BCUT2D eigenvalue weighted by atomic mass is 16.4. The predicted molar refractivity (Wildman–Crippen MR) is 100 cm³/mol. The third-order valence-corrected chi connectivity index (χ3v) is 4.56. The largest absolute Gasteiger partial charge is 0.478 e. The summed E-state index contributed by atoms with van der Waals surface area (Å²) in [6.45, 7) is 3.95. The molecule has 1 aliphatic heterocycles. The van der Waals surface area contributed by atoms with Crippen molar-refractivity contribution in [2.24, 2.45) is 0 Å². The van der Waals surface area contributed by atoms with E-state index >= 15 is 0 Å². The molecule has 1 aliphatic rings. The van der Waals surface area contributed by atoms with Crippen LogP contribution in [0, 0.1) is 0 Å². The van der Waals surface area contributed by atoms with E-state index in [1.165, 1.54) is 5.69 Å². The van der Waals surface area contributed by atoms with Gasteiger partial charge in [0.15, 0.2) is 0 Å².